The van der Waals surface area contributed by atoms with Gasteiger partial charge in [0.1, 0.15) is 6.04 Å². The molecule has 0 heterocycles. The molecule has 0 aliphatic heterocycles. The minimum Gasteiger partial charge on any atom is -0.480 e. The highest BCUT2D eigenvalue weighted by molar-refractivity contribution is 5.95. The predicted octanol–water partition coefficient (Wildman–Crippen LogP) is 1.22. The Morgan fingerprint density at radius 3 is 2.52 bits per heavy atom. The van der Waals surface area contributed by atoms with Crippen LogP contribution >= 0.6 is 0 Å². The number of esters is 1. The van der Waals surface area contributed by atoms with Crippen LogP contribution in [-0.4, -0.2) is 35.6 Å². The maximum absolute atomic E-state index is 11.7. The second-order valence-corrected chi connectivity index (χ2v) is 4.15. The summed E-state index contributed by atoms with van der Waals surface area (Å²) in [4.78, 5) is 33.9. The number of ether oxygens (including phenoxy) is 1. The van der Waals surface area contributed by atoms with Crippen molar-refractivity contribution in [3.05, 3.63) is 42.0 Å². The van der Waals surface area contributed by atoms with E-state index in [9.17, 15) is 14.4 Å². The van der Waals surface area contributed by atoms with Gasteiger partial charge in [0.2, 0.25) is 5.91 Å². The van der Waals surface area contributed by atoms with E-state index in [-0.39, 0.29) is 6.61 Å². The standard InChI is InChI=1S/C15H17NO5/c1-2-21-14(18)10-12(15(19)20)16-13(17)9-8-11-6-4-3-5-7-11/h3-9,12H,2,10H2,1H3,(H,16,17)(H,19,20)/b9-8+. The van der Waals surface area contributed by atoms with Gasteiger partial charge in [-0.1, -0.05) is 30.3 Å². The van der Waals surface area contributed by atoms with Gasteiger partial charge in [0.05, 0.1) is 13.0 Å². The Kier molecular flexibility index (Phi) is 6.67. The zero-order valence-electron chi connectivity index (χ0n) is 11.6. The molecule has 6 heteroatoms. The highest BCUT2D eigenvalue weighted by Gasteiger charge is 2.23. The van der Waals surface area contributed by atoms with Crippen LogP contribution in [0, 0.1) is 0 Å². The Balaban J connectivity index is 2.58. The number of hydrogen-bond donors (Lipinski definition) is 2. The van der Waals surface area contributed by atoms with Crippen LogP contribution in [-0.2, 0) is 19.1 Å². The molecule has 0 saturated carbocycles. The van der Waals surface area contributed by atoms with Gasteiger partial charge in [0.15, 0.2) is 0 Å². The van der Waals surface area contributed by atoms with E-state index in [1.54, 1.807) is 25.1 Å². The monoisotopic (exact) mass is 291 g/mol. The summed E-state index contributed by atoms with van der Waals surface area (Å²) in [6.45, 7) is 1.78. The summed E-state index contributed by atoms with van der Waals surface area (Å²) in [5, 5.41) is 11.2. The number of hydrogen-bond acceptors (Lipinski definition) is 4. The molecule has 1 unspecified atom stereocenters. The second kappa shape index (κ2) is 8.52. The normalized spacial score (nSPS) is 11.9. The lowest BCUT2D eigenvalue weighted by atomic mass is 10.2. The lowest BCUT2D eigenvalue weighted by molar-refractivity contribution is -0.149. The van der Waals surface area contributed by atoms with Crippen LogP contribution in [0.1, 0.15) is 18.9 Å². The van der Waals surface area contributed by atoms with E-state index in [4.69, 9.17) is 5.11 Å². The summed E-state index contributed by atoms with van der Waals surface area (Å²) >= 11 is 0. The zero-order chi connectivity index (χ0) is 15.7. The van der Waals surface area contributed by atoms with Gasteiger partial charge in [-0.25, -0.2) is 4.79 Å². The predicted molar refractivity (Wildman–Crippen MR) is 76.3 cm³/mol. The van der Waals surface area contributed by atoms with Crippen molar-refractivity contribution in [2.45, 2.75) is 19.4 Å². The summed E-state index contributed by atoms with van der Waals surface area (Å²) in [5.74, 6) is -2.54. The van der Waals surface area contributed by atoms with Crippen LogP contribution in [0.15, 0.2) is 36.4 Å². The average molecular weight is 291 g/mol. The topological polar surface area (TPSA) is 92.7 Å². The largest absolute Gasteiger partial charge is 0.480 e. The molecule has 2 N–H and O–H groups in total. The summed E-state index contributed by atoms with van der Waals surface area (Å²) in [5.41, 5.74) is 0.810. The van der Waals surface area contributed by atoms with Crippen LogP contribution in [0.4, 0.5) is 0 Å². The van der Waals surface area contributed by atoms with Crippen LogP contribution < -0.4 is 5.32 Å². The number of carbonyl (C=O) groups is 3. The van der Waals surface area contributed by atoms with Crippen molar-refractivity contribution in [2.24, 2.45) is 0 Å². The van der Waals surface area contributed by atoms with Crippen molar-refractivity contribution in [3.8, 4) is 0 Å². The molecule has 0 radical (unpaired) electrons. The fraction of sp³-hybridized carbons (Fsp3) is 0.267. The summed E-state index contributed by atoms with van der Waals surface area (Å²) < 4.78 is 4.66. The van der Waals surface area contributed by atoms with Crippen LogP contribution in [0.5, 0.6) is 0 Å². The van der Waals surface area contributed by atoms with Gasteiger partial charge in [0, 0.05) is 6.08 Å². The fourth-order valence-electron chi connectivity index (χ4n) is 1.54. The van der Waals surface area contributed by atoms with Crippen molar-refractivity contribution in [3.63, 3.8) is 0 Å². The van der Waals surface area contributed by atoms with E-state index >= 15 is 0 Å². The van der Waals surface area contributed by atoms with E-state index in [0.717, 1.165) is 5.56 Å². The zero-order valence-corrected chi connectivity index (χ0v) is 11.6. The first-order valence-corrected chi connectivity index (χ1v) is 6.45. The molecule has 21 heavy (non-hydrogen) atoms. The number of carbonyl (C=O) groups excluding carboxylic acids is 2. The molecule has 1 atom stereocenters. The first-order chi connectivity index (χ1) is 10.0. The van der Waals surface area contributed by atoms with Crippen molar-refractivity contribution >= 4 is 23.9 Å². The molecule has 1 amide bonds. The average Bonchev–Trinajstić information content (AvgIpc) is 2.45. The molecule has 0 spiro atoms. The number of carboxylic acid groups (broad SMARTS) is 1. The summed E-state index contributed by atoms with van der Waals surface area (Å²) in [7, 11) is 0. The molecule has 0 aliphatic carbocycles. The Bertz CT molecular complexity index is 524. The van der Waals surface area contributed by atoms with E-state index in [1.165, 1.54) is 6.08 Å². The molecule has 112 valence electrons. The summed E-state index contributed by atoms with van der Waals surface area (Å²) in [6, 6.07) is 7.78. The highest BCUT2D eigenvalue weighted by atomic mass is 16.5. The molecule has 0 bridgehead atoms. The van der Waals surface area contributed by atoms with Gasteiger partial charge in [0.25, 0.3) is 0 Å². The molecule has 0 aliphatic rings. The van der Waals surface area contributed by atoms with Crippen LogP contribution in [0.3, 0.4) is 0 Å². The highest BCUT2D eigenvalue weighted by Crippen LogP contribution is 2.01. The second-order valence-electron chi connectivity index (χ2n) is 4.15. The van der Waals surface area contributed by atoms with Gasteiger partial charge < -0.3 is 15.2 Å². The number of carboxylic acids is 1. The molecular weight excluding hydrogens is 274 g/mol. The lowest BCUT2D eigenvalue weighted by Gasteiger charge is -2.12. The number of aliphatic carboxylic acids is 1. The minimum absolute atomic E-state index is 0.160. The molecular formula is C15H17NO5. The minimum atomic E-state index is -1.31. The Hall–Kier alpha value is -2.63. The number of amides is 1. The Morgan fingerprint density at radius 2 is 1.95 bits per heavy atom. The van der Waals surface area contributed by atoms with Crippen LogP contribution in [0.25, 0.3) is 6.08 Å². The molecule has 1 aromatic rings. The van der Waals surface area contributed by atoms with E-state index in [2.05, 4.69) is 10.1 Å². The molecule has 0 saturated heterocycles. The third kappa shape index (κ3) is 6.38. The maximum Gasteiger partial charge on any atom is 0.326 e. The van der Waals surface area contributed by atoms with Gasteiger partial charge in [-0.15, -0.1) is 0 Å². The third-order valence-corrected chi connectivity index (χ3v) is 2.52. The van der Waals surface area contributed by atoms with Gasteiger partial charge in [-0.3, -0.25) is 9.59 Å². The van der Waals surface area contributed by atoms with Crippen molar-refractivity contribution in [1.82, 2.24) is 5.32 Å². The van der Waals surface area contributed by atoms with Crippen molar-refractivity contribution in [1.29, 1.82) is 0 Å². The number of benzene rings is 1. The number of nitrogens with one attached hydrogen (secondary N) is 1. The van der Waals surface area contributed by atoms with E-state index in [1.807, 2.05) is 18.2 Å². The maximum atomic E-state index is 11.7. The first kappa shape index (κ1) is 16.4. The van der Waals surface area contributed by atoms with Crippen molar-refractivity contribution < 1.29 is 24.2 Å². The Morgan fingerprint density at radius 1 is 1.29 bits per heavy atom. The molecule has 1 aromatic carbocycles. The Labute approximate surface area is 122 Å². The van der Waals surface area contributed by atoms with E-state index in [0.29, 0.717) is 0 Å². The smallest absolute Gasteiger partial charge is 0.326 e. The van der Waals surface area contributed by atoms with E-state index < -0.39 is 30.3 Å². The third-order valence-electron chi connectivity index (χ3n) is 2.52. The fourth-order valence-corrected chi connectivity index (χ4v) is 1.54. The molecule has 0 aromatic heterocycles. The van der Waals surface area contributed by atoms with Gasteiger partial charge in [-0.05, 0) is 18.6 Å². The van der Waals surface area contributed by atoms with Crippen LogP contribution in [0.2, 0.25) is 0 Å². The van der Waals surface area contributed by atoms with Gasteiger partial charge >= 0.3 is 11.9 Å². The molecule has 6 nitrogen and oxygen atoms in total. The lowest BCUT2D eigenvalue weighted by Crippen LogP contribution is -2.41. The van der Waals surface area contributed by atoms with Gasteiger partial charge in [-0.2, -0.15) is 0 Å². The van der Waals surface area contributed by atoms with Crippen molar-refractivity contribution in [2.75, 3.05) is 6.61 Å². The SMILES string of the molecule is CCOC(=O)CC(NC(=O)/C=C/c1ccccc1)C(=O)O. The molecule has 1 rings (SSSR count). The number of rotatable bonds is 7. The summed E-state index contributed by atoms with van der Waals surface area (Å²) in [6.07, 6.45) is 2.36. The quantitative estimate of drug-likeness (QED) is 0.582. The first-order valence-electron chi connectivity index (χ1n) is 6.45. The molecule has 0 fully saturated rings.